The van der Waals surface area contributed by atoms with E-state index in [1.807, 2.05) is 0 Å². The Morgan fingerprint density at radius 2 is 2.12 bits per heavy atom. The van der Waals surface area contributed by atoms with Gasteiger partial charge in [0.1, 0.15) is 0 Å². The average Bonchev–Trinajstić information content (AvgIpc) is 2.88. The van der Waals surface area contributed by atoms with Crippen LogP contribution in [0.2, 0.25) is 0 Å². The molecule has 3 heteroatoms. The zero-order valence-electron chi connectivity index (χ0n) is 9.88. The highest BCUT2D eigenvalue weighted by Crippen LogP contribution is 2.47. The highest BCUT2D eigenvalue weighted by molar-refractivity contribution is 6.17. The highest BCUT2D eigenvalue weighted by atomic mass is 35.5. The highest BCUT2D eigenvalue weighted by Gasteiger charge is 2.39. The summed E-state index contributed by atoms with van der Waals surface area (Å²) in [6.07, 6.45) is 8.13. The van der Waals surface area contributed by atoms with E-state index in [-0.39, 0.29) is 5.91 Å². The van der Waals surface area contributed by atoms with Crippen molar-refractivity contribution in [2.45, 2.75) is 44.9 Å². The Morgan fingerprint density at radius 3 is 2.75 bits per heavy atom. The Bertz CT molecular complexity index is 244. The number of rotatable bonds is 6. The van der Waals surface area contributed by atoms with Crippen molar-refractivity contribution < 1.29 is 4.79 Å². The summed E-state index contributed by atoms with van der Waals surface area (Å²) < 4.78 is 0. The van der Waals surface area contributed by atoms with Gasteiger partial charge in [-0.25, -0.2) is 0 Å². The molecule has 2 aliphatic rings. The lowest BCUT2D eigenvalue weighted by atomic mass is 9.89. The molecule has 2 bridgehead atoms. The number of hydrogen-bond acceptors (Lipinski definition) is 1. The third-order valence-electron chi connectivity index (χ3n) is 4.23. The van der Waals surface area contributed by atoms with Gasteiger partial charge in [0.05, 0.1) is 0 Å². The lowest BCUT2D eigenvalue weighted by molar-refractivity contribution is -0.121. The van der Waals surface area contributed by atoms with Crippen LogP contribution in [0, 0.1) is 17.8 Å². The first-order valence-electron chi connectivity index (χ1n) is 6.62. The third kappa shape index (κ3) is 3.13. The molecule has 2 aliphatic carbocycles. The van der Waals surface area contributed by atoms with E-state index in [2.05, 4.69) is 5.32 Å². The molecule has 3 atom stereocenters. The van der Waals surface area contributed by atoms with Crippen molar-refractivity contribution in [1.29, 1.82) is 0 Å². The number of unbranched alkanes of at least 4 members (excludes halogenated alkanes) is 1. The molecule has 16 heavy (non-hydrogen) atoms. The molecule has 0 aromatic rings. The largest absolute Gasteiger partial charge is 0.356 e. The minimum absolute atomic E-state index is 0.216. The maximum absolute atomic E-state index is 11.5. The second-order valence-electron chi connectivity index (χ2n) is 5.39. The summed E-state index contributed by atoms with van der Waals surface area (Å²) in [5.74, 6) is 3.54. The normalized spacial score (nSPS) is 31.9. The summed E-state index contributed by atoms with van der Waals surface area (Å²) in [5.41, 5.74) is 0. The van der Waals surface area contributed by atoms with E-state index in [1.54, 1.807) is 0 Å². The molecule has 0 saturated heterocycles. The molecule has 0 aromatic carbocycles. The second-order valence-corrected chi connectivity index (χ2v) is 5.76. The Hall–Kier alpha value is -0.240. The number of carbonyl (C=O) groups is 1. The number of halogens is 1. The fourth-order valence-corrected chi connectivity index (χ4v) is 3.53. The molecule has 0 radical (unpaired) electrons. The van der Waals surface area contributed by atoms with Crippen LogP contribution in [0.5, 0.6) is 0 Å². The monoisotopic (exact) mass is 243 g/mol. The number of carbonyl (C=O) groups excluding carboxylic acids is 1. The molecule has 1 amide bonds. The lowest BCUT2D eigenvalue weighted by Gasteiger charge is -2.21. The molecule has 0 aliphatic heterocycles. The minimum Gasteiger partial charge on any atom is -0.356 e. The molecule has 0 heterocycles. The van der Waals surface area contributed by atoms with E-state index in [0.29, 0.717) is 12.3 Å². The summed E-state index contributed by atoms with van der Waals surface area (Å²) in [5, 5.41) is 3.09. The van der Waals surface area contributed by atoms with Crippen LogP contribution in [-0.4, -0.2) is 18.3 Å². The van der Waals surface area contributed by atoms with Gasteiger partial charge >= 0.3 is 0 Å². The van der Waals surface area contributed by atoms with Gasteiger partial charge in [0.15, 0.2) is 0 Å². The first-order valence-corrected chi connectivity index (χ1v) is 7.15. The van der Waals surface area contributed by atoms with Crippen molar-refractivity contribution in [2.24, 2.45) is 17.8 Å². The van der Waals surface area contributed by atoms with Crippen LogP contribution < -0.4 is 5.32 Å². The van der Waals surface area contributed by atoms with Crippen molar-refractivity contribution >= 4 is 17.5 Å². The summed E-state index contributed by atoms with van der Waals surface area (Å²) in [4.78, 5) is 11.5. The number of alkyl halides is 1. The van der Waals surface area contributed by atoms with E-state index >= 15 is 0 Å². The predicted molar refractivity (Wildman–Crippen MR) is 66.5 cm³/mol. The van der Waals surface area contributed by atoms with E-state index in [0.717, 1.165) is 37.1 Å². The van der Waals surface area contributed by atoms with E-state index in [1.165, 1.54) is 25.7 Å². The summed E-state index contributed by atoms with van der Waals surface area (Å²) in [7, 11) is 0. The van der Waals surface area contributed by atoms with Crippen molar-refractivity contribution in [3.05, 3.63) is 0 Å². The first kappa shape index (κ1) is 12.2. The average molecular weight is 244 g/mol. The number of fused-ring (bicyclic) bond motifs is 2. The van der Waals surface area contributed by atoms with Gasteiger partial charge in [-0.3, -0.25) is 4.79 Å². The molecular weight excluding hydrogens is 222 g/mol. The Labute approximate surface area is 103 Å². The van der Waals surface area contributed by atoms with Crippen LogP contribution in [0.4, 0.5) is 0 Å². The molecule has 0 aromatic heterocycles. The fraction of sp³-hybridized carbons (Fsp3) is 0.923. The van der Waals surface area contributed by atoms with Gasteiger partial charge in [-0.2, -0.15) is 0 Å². The van der Waals surface area contributed by atoms with Gasteiger partial charge in [-0.15, -0.1) is 11.6 Å². The van der Waals surface area contributed by atoms with Gasteiger partial charge < -0.3 is 5.32 Å². The Kier molecular flexibility index (Phi) is 4.51. The number of hydrogen-bond donors (Lipinski definition) is 1. The second kappa shape index (κ2) is 5.90. The van der Waals surface area contributed by atoms with Gasteiger partial charge in [-0.1, -0.05) is 6.42 Å². The fourth-order valence-electron chi connectivity index (χ4n) is 3.34. The zero-order valence-corrected chi connectivity index (χ0v) is 10.6. The Balaban J connectivity index is 1.59. The zero-order chi connectivity index (χ0) is 11.4. The molecular formula is C13H22ClNO. The molecule has 3 unspecified atom stereocenters. The SMILES string of the molecule is O=C(CCCCCl)NCC1CC2CCC1C2. The van der Waals surface area contributed by atoms with E-state index in [4.69, 9.17) is 11.6 Å². The van der Waals surface area contributed by atoms with Crippen LogP contribution in [-0.2, 0) is 4.79 Å². The molecule has 1 N–H and O–H groups in total. The van der Waals surface area contributed by atoms with Crippen LogP contribution >= 0.6 is 11.6 Å². The molecule has 2 nitrogen and oxygen atoms in total. The molecule has 2 saturated carbocycles. The molecule has 2 rings (SSSR count). The van der Waals surface area contributed by atoms with Crippen molar-refractivity contribution in [2.75, 3.05) is 12.4 Å². The van der Waals surface area contributed by atoms with Gasteiger partial charge in [0.25, 0.3) is 0 Å². The van der Waals surface area contributed by atoms with Crippen LogP contribution in [0.1, 0.15) is 44.9 Å². The summed E-state index contributed by atoms with van der Waals surface area (Å²) in [6.45, 7) is 0.918. The molecule has 92 valence electrons. The van der Waals surface area contributed by atoms with E-state index in [9.17, 15) is 4.79 Å². The Morgan fingerprint density at radius 1 is 1.25 bits per heavy atom. The number of nitrogens with one attached hydrogen (secondary N) is 1. The van der Waals surface area contributed by atoms with Crippen molar-refractivity contribution in [3.63, 3.8) is 0 Å². The van der Waals surface area contributed by atoms with Gasteiger partial charge in [0.2, 0.25) is 5.91 Å². The minimum atomic E-state index is 0.216. The standard InChI is InChI=1S/C13H22ClNO/c14-6-2-1-3-13(16)15-9-12-8-10-4-5-11(12)7-10/h10-12H,1-9H2,(H,15,16). The third-order valence-corrected chi connectivity index (χ3v) is 4.50. The quantitative estimate of drug-likeness (QED) is 0.564. The van der Waals surface area contributed by atoms with Crippen LogP contribution in [0.3, 0.4) is 0 Å². The van der Waals surface area contributed by atoms with Crippen molar-refractivity contribution in [3.8, 4) is 0 Å². The van der Waals surface area contributed by atoms with E-state index < -0.39 is 0 Å². The van der Waals surface area contributed by atoms with Gasteiger partial charge in [0, 0.05) is 18.8 Å². The van der Waals surface area contributed by atoms with Crippen LogP contribution in [0.25, 0.3) is 0 Å². The van der Waals surface area contributed by atoms with Crippen LogP contribution in [0.15, 0.2) is 0 Å². The topological polar surface area (TPSA) is 29.1 Å². The predicted octanol–water partition coefficient (Wildman–Crippen LogP) is 2.95. The maximum Gasteiger partial charge on any atom is 0.220 e. The summed E-state index contributed by atoms with van der Waals surface area (Å²) >= 11 is 5.58. The smallest absolute Gasteiger partial charge is 0.220 e. The van der Waals surface area contributed by atoms with Crippen molar-refractivity contribution in [1.82, 2.24) is 5.32 Å². The first-order chi connectivity index (χ1) is 7.79. The molecule has 2 fully saturated rings. The summed E-state index contributed by atoms with van der Waals surface area (Å²) in [6, 6.07) is 0. The lowest BCUT2D eigenvalue weighted by Crippen LogP contribution is -2.31. The van der Waals surface area contributed by atoms with Gasteiger partial charge in [-0.05, 0) is 49.9 Å². The molecule has 0 spiro atoms. The number of amides is 1. The maximum atomic E-state index is 11.5.